The Morgan fingerprint density at radius 1 is 1.32 bits per heavy atom. The van der Waals surface area contributed by atoms with Gasteiger partial charge in [0.15, 0.2) is 0 Å². The molecule has 6 heteroatoms. The Morgan fingerprint density at radius 2 is 1.84 bits per heavy atom. The maximum Gasteiger partial charge on any atom is 0.293 e. The Labute approximate surface area is 116 Å². The van der Waals surface area contributed by atoms with Crippen LogP contribution in [0.1, 0.15) is 20.8 Å². The molecule has 1 amide bonds. The average Bonchev–Trinajstić information content (AvgIpc) is 2.28. The van der Waals surface area contributed by atoms with E-state index in [1.807, 2.05) is 44.7 Å². The highest BCUT2D eigenvalue weighted by atomic mass is 16.5. The second-order valence-electron chi connectivity index (χ2n) is 5.70. The van der Waals surface area contributed by atoms with Gasteiger partial charge in [0.2, 0.25) is 5.91 Å². The van der Waals surface area contributed by atoms with E-state index in [1.165, 1.54) is 0 Å². The fourth-order valence-electron chi connectivity index (χ4n) is 1.43. The zero-order valence-corrected chi connectivity index (χ0v) is 12.7. The molecule has 19 heavy (non-hydrogen) atoms. The number of amides is 1. The highest BCUT2D eigenvalue weighted by molar-refractivity contribution is 5.78. The maximum absolute atomic E-state index is 11.5. The number of nitrogens with zero attached hydrogens (tertiary/aromatic N) is 2. The van der Waals surface area contributed by atoms with Gasteiger partial charge in [-0.05, 0) is 34.9 Å². The van der Waals surface area contributed by atoms with E-state index in [4.69, 9.17) is 0 Å². The Hall–Kier alpha value is -1.14. The van der Waals surface area contributed by atoms with Crippen LogP contribution in [-0.2, 0) is 14.3 Å². The van der Waals surface area contributed by atoms with Crippen molar-refractivity contribution < 1.29 is 14.3 Å². The maximum atomic E-state index is 11.5. The predicted octanol–water partition coefficient (Wildman–Crippen LogP) is -0.0623. The van der Waals surface area contributed by atoms with Gasteiger partial charge in [0.1, 0.15) is 5.60 Å². The first-order valence-corrected chi connectivity index (χ1v) is 6.51. The zero-order chi connectivity index (χ0) is 14.9. The largest absolute Gasteiger partial charge is 0.462 e. The number of hydrogen-bond acceptors (Lipinski definition) is 5. The van der Waals surface area contributed by atoms with Crippen molar-refractivity contribution in [2.75, 3.05) is 46.8 Å². The van der Waals surface area contributed by atoms with Crippen molar-refractivity contribution in [2.24, 2.45) is 0 Å². The van der Waals surface area contributed by atoms with Crippen molar-refractivity contribution in [1.29, 1.82) is 0 Å². The summed E-state index contributed by atoms with van der Waals surface area (Å²) in [5, 5.41) is 3.22. The van der Waals surface area contributed by atoms with Crippen LogP contribution in [0.3, 0.4) is 0 Å². The molecule has 0 aromatic heterocycles. The number of carbonyl (C=O) groups is 2. The number of rotatable bonds is 3. The van der Waals surface area contributed by atoms with E-state index in [-0.39, 0.29) is 11.5 Å². The lowest BCUT2D eigenvalue weighted by atomic mass is 10.2. The molecule has 0 unspecified atom stereocenters. The van der Waals surface area contributed by atoms with Gasteiger partial charge in [0.25, 0.3) is 6.47 Å². The van der Waals surface area contributed by atoms with Gasteiger partial charge in [0.05, 0.1) is 6.54 Å². The number of piperazine rings is 1. The van der Waals surface area contributed by atoms with E-state index in [0.717, 1.165) is 26.2 Å². The van der Waals surface area contributed by atoms with Crippen molar-refractivity contribution in [3.8, 4) is 0 Å². The summed E-state index contributed by atoms with van der Waals surface area (Å²) >= 11 is 0. The van der Waals surface area contributed by atoms with Gasteiger partial charge >= 0.3 is 0 Å². The van der Waals surface area contributed by atoms with Crippen LogP contribution in [0.5, 0.6) is 0 Å². The summed E-state index contributed by atoms with van der Waals surface area (Å²) in [4.78, 5) is 24.9. The van der Waals surface area contributed by atoms with Crippen molar-refractivity contribution in [3.05, 3.63) is 0 Å². The quantitative estimate of drug-likeness (QED) is 0.730. The fraction of sp³-hybridized carbons (Fsp3) is 0.846. The molecule has 1 rings (SSSR count). The van der Waals surface area contributed by atoms with Crippen LogP contribution in [0.15, 0.2) is 0 Å². The lowest BCUT2D eigenvalue weighted by molar-refractivity contribution is -0.138. The standard InChI is InChI=1S/C8H17N3O.C5H10O2/c1-10(2)7-8(12)11-5-3-9-4-6-11;1-5(2,3)7-4-6/h9H,3-7H2,1-2H3;4H,1-3H3. The van der Waals surface area contributed by atoms with E-state index >= 15 is 0 Å². The van der Waals surface area contributed by atoms with E-state index in [9.17, 15) is 9.59 Å². The fourth-order valence-corrected chi connectivity index (χ4v) is 1.43. The molecule has 0 aromatic carbocycles. The Morgan fingerprint density at radius 3 is 2.16 bits per heavy atom. The van der Waals surface area contributed by atoms with E-state index in [1.54, 1.807) is 0 Å². The normalized spacial score (nSPS) is 15.6. The molecule has 0 radical (unpaired) electrons. The van der Waals surface area contributed by atoms with Gasteiger partial charge in [-0.3, -0.25) is 9.59 Å². The third-order valence-corrected chi connectivity index (χ3v) is 2.32. The topological polar surface area (TPSA) is 61.9 Å². The monoisotopic (exact) mass is 273 g/mol. The third kappa shape index (κ3) is 10.5. The molecule has 1 aliphatic heterocycles. The molecule has 0 saturated carbocycles. The molecular weight excluding hydrogens is 246 g/mol. The summed E-state index contributed by atoms with van der Waals surface area (Å²) in [6, 6.07) is 0. The Bertz CT molecular complexity index is 269. The summed E-state index contributed by atoms with van der Waals surface area (Å²) in [5.74, 6) is 0.238. The molecule has 0 bridgehead atoms. The molecule has 1 aliphatic rings. The van der Waals surface area contributed by atoms with Crippen LogP contribution < -0.4 is 5.32 Å². The van der Waals surface area contributed by atoms with Gasteiger partial charge in [-0.2, -0.15) is 0 Å². The molecule has 6 nitrogen and oxygen atoms in total. The van der Waals surface area contributed by atoms with Gasteiger partial charge in [-0.15, -0.1) is 0 Å². The second-order valence-corrected chi connectivity index (χ2v) is 5.70. The predicted molar refractivity (Wildman–Crippen MR) is 74.9 cm³/mol. The van der Waals surface area contributed by atoms with Gasteiger partial charge in [0, 0.05) is 26.2 Å². The molecule has 0 spiro atoms. The van der Waals surface area contributed by atoms with Crippen molar-refractivity contribution in [1.82, 2.24) is 15.1 Å². The van der Waals surface area contributed by atoms with Gasteiger partial charge < -0.3 is 19.9 Å². The Balaban J connectivity index is 0.000000399. The molecular formula is C13H27N3O3. The van der Waals surface area contributed by atoms with E-state index < -0.39 is 0 Å². The first kappa shape index (κ1) is 17.9. The third-order valence-electron chi connectivity index (χ3n) is 2.32. The summed E-state index contributed by atoms with van der Waals surface area (Å²) < 4.78 is 4.55. The second kappa shape index (κ2) is 8.87. The summed E-state index contributed by atoms with van der Waals surface area (Å²) in [6.07, 6.45) is 0. The van der Waals surface area contributed by atoms with E-state index in [0.29, 0.717) is 13.0 Å². The number of carbonyl (C=O) groups excluding carboxylic acids is 2. The first-order chi connectivity index (χ1) is 8.76. The minimum Gasteiger partial charge on any atom is -0.462 e. The minimum absolute atomic E-state index is 0.238. The first-order valence-electron chi connectivity index (χ1n) is 6.51. The van der Waals surface area contributed by atoms with E-state index in [2.05, 4.69) is 10.1 Å². The van der Waals surface area contributed by atoms with Crippen LogP contribution in [0, 0.1) is 0 Å². The van der Waals surface area contributed by atoms with Gasteiger partial charge in [-0.1, -0.05) is 0 Å². The summed E-state index contributed by atoms with van der Waals surface area (Å²) in [6.45, 7) is 10.0. The number of hydrogen-bond donors (Lipinski definition) is 1. The summed E-state index contributed by atoms with van der Waals surface area (Å²) in [7, 11) is 3.83. The van der Waals surface area contributed by atoms with Gasteiger partial charge in [-0.25, -0.2) is 0 Å². The molecule has 1 saturated heterocycles. The summed E-state index contributed by atoms with van der Waals surface area (Å²) in [5.41, 5.74) is -0.318. The highest BCUT2D eigenvalue weighted by Crippen LogP contribution is 2.02. The number of likely N-dealkylation sites (N-methyl/N-ethyl adjacent to an activating group) is 1. The van der Waals surface area contributed by atoms with Crippen molar-refractivity contribution >= 4 is 12.4 Å². The van der Waals surface area contributed by atoms with Crippen LogP contribution in [-0.4, -0.2) is 74.6 Å². The number of nitrogens with one attached hydrogen (secondary N) is 1. The lowest BCUT2D eigenvalue weighted by Crippen LogP contribution is -2.48. The molecule has 0 atom stereocenters. The average molecular weight is 273 g/mol. The molecule has 112 valence electrons. The van der Waals surface area contributed by atoms with Crippen LogP contribution >= 0.6 is 0 Å². The number of ether oxygens (including phenoxy) is 1. The Kier molecular flexibility index (Phi) is 8.34. The van der Waals surface area contributed by atoms with Crippen LogP contribution in [0.4, 0.5) is 0 Å². The van der Waals surface area contributed by atoms with Crippen molar-refractivity contribution in [2.45, 2.75) is 26.4 Å². The van der Waals surface area contributed by atoms with Crippen molar-refractivity contribution in [3.63, 3.8) is 0 Å². The molecule has 1 heterocycles. The minimum atomic E-state index is -0.318. The zero-order valence-electron chi connectivity index (χ0n) is 12.7. The lowest BCUT2D eigenvalue weighted by Gasteiger charge is -2.28. The molecule has 1 N–H and O–H groups in total. The smallest absolute Gasteiger partial charge is 0.293 e. The SMILES string of the molecule is CC(C)(C)OC=O.CN(C)CC(=O)N1CCNCC1. The van der Waals surface area contributed by atoms with Crippen LogP contribution in [0.25, 0.3) is 0 Å². The van der Waals surface area contributed by atoms with Crippen LogP contribution in [0.2, 0.25) is 0 Å². The molecule has 1 fully saturated rings. The molecule has 0 aliphatic carbocycles. The molecule has 0 aromatic rings. The highest BCUT2D eigenvalue weighted by Gasteiger charge is 2.15.